The quantitative estimate of drug-likeness (QED) is 0.672. The Balaban J connectivity index is 2.68. The first kappa shape index (κ1) is 13.9. The molecule has 0 aliphatic heterocycles. The third-order valence-electron chi connectivity index (χ3n) is 2.21. The molecule has 1 aromatic rings. The second kappa shape index (κ2) is 5.44. The van der Waals surface area contributed by atoms with Crippen LogP contribution in [0.2, 0.25) is 0 Å². The number of anilines is 1. The van der Waals surface area contributed by atoms with Crippen LogP contribution in [0.1, 0.15) is 11.1 Å². The lowest BCUT2D eigenvalue weighted by Gasteiger charge is -2.09. The van der Waals surface area contributed by atoms with E-state index in [-0.39, 0.29) is 12.3 Å². The van der Waals surface area contributed by atoms with E-state index >= 15 is 0 Å². The Morgan fingerprint density at radius 1 is 1.47 bits per heavy atom. The van der Waals surface area contributed by atoms with Gasteiger partial charge >= 0.3 is 0 Å². The minimum absolute atomic E-state index is 0.108. The van der Waals surface area contributed by atoms with Gasteiger partial charge in [-0.3, -0.25) is 0 Å². The molecule has 0 spiro atoms. The van der Waals surface area contributed by atoms with Crippen molar-refractivity contribution in [3.63, 3.8) is 0 Å². The van der Waals surface area contributed by atoms with Crippen molar-refractivity contribution in [3.05, 3.63) is 29.3 Å². The van der Waals surface area contributed by atoms with Crippen molar-refractivity contribution in [2.24, 2.45) is 10.9 Å². The standard InChI is InChI=1S/C10H15N3O2S2/c1-7-6-8(2-3-9(7)10(11)16)13-4-5-17(12,14)15/h2-3,6,13H,4-5H2,1H3,(H2,11,16)(H2,12,14,15). The summed E-state index contributed by atoms with van der Waals surface area (Å²) in [5, 5.41) is 7.86. The van der Waals surface area contributed by atoms with Crippen LogP contribution in [0.4, 0.5) is 5.69 Å². The average Bonchev–Trinajstić information content (AvgIpc) is 2.15. The first-order valence-electron chi connectivity index (χ1n) is 4.94. The molecule has 1 aromatic carbocycles. The van der Waals surface area contributed by atoms with Crippen molar-refractivity contribution in [2.75, 3.05) is 17.6 Å². The Kier molecular flexibility index (Phi) is 4.44. The topological polar surface area (TPSA) is 98.2 Å². The van der Waals surface area contributed by atoms with Crippen molar-refractivity contribution in [3.8, 4) is 0 Å². The first-order chi connectivity index (χ1) is 7.79. The molecule has 5 N–H and O–H groups in total. The highest BCUT2D eigenvalue weighted by molar-refractivity contribution is 7.89. The largest absolute Gasteiger partial charge is 0.389 e. The fourth-order valence-corrected chi connectivity index (χ4v) is 2.00. The van der Waals surface area contributed by atoms with E-state index in [0.29, 0.717) is 4.99 Å². The highest BCUT2D eigenvalue weighted by Crippen LogP contribution is 2.14. The number of rotatable bonds is 5. The zero-order valence-electron chi connectivity index (χ0n) is 9.43. The molecule has 94 valence electrons. The van der Waals surface area contributed by atoms with E-state index in [2.05, 4.69) is 5.32 Å². The van der Waals surface area contributed by atoms with Gasteiger partial charge in [-0.05, 0) is 30.7 Å². The van der Waals surface area contributed by atoms with Crippen LogP contribution in [0.5, 0.6) is 0 Å². The molecule has 0 aliphatic carbocycles. The maximum Gasteiger partial charge on any atom is 0.210 e. The Morgan fingerprint density at radius 2 is 2.12 bits per heavy atom. The van der Waals surface area contributed by atoms with Crippen LogP contribution in [-0.4, -0.2) is 25.7 Å². The molecule has 0 aromatic heterocycles. The predicted octanol–water partition coefficient (Wildman–Crippen LogP) is 0.330. The lowest BCUT2D eigenvalue weighted by atomic mass is 10.1. The Morgan fingerprint density at radius 3 is 2.59 bits per heavy atom. The molecule has 0 aliphatic rings. The number of thiocarbonyl (C=S) groups is 1. The highest BCUT2D eigenvalue weighted by atomic mass is 32.2. The zero-order chi connectivity index (χ0) is 13.1. The predicted molar refractivity (Wildman–Crippen MR) is 73.5 cm³/mol. The van der Waals surface area contributed by atoms with Crippen LogP contribution in [0.3, 0.4) is 0 Å². The monoisotopic (exact) mass is 273 g/mol. The van der Waals surface area contributed by atoms with E-state index in [1.54, 1.807) is 12.1 Å². The van der Waals surface area contributed by atoms with Gasteiger partial charge in [-0.2, -0.15) is 0 Å². The van der Waals surface area contributed by atoms with Gasteiger partial charge in [0.2, 0.25) is 10.0 Å². The normalized spacial score (nSPS) is 11.2. The van der Waals surface area contributed by atoms with E-state index < -0.39 is 10.0 Å². The number of hydrogen-bond acceptors (Lipinski definition) is 4. The molecule has 0 heterocycles. The van der Waals surface area contributed by atoms with Crippen LogP contribution in [0, 0.1) is 6.92 Å². The molecule has 1 rings (SSSR count). The SMILES string of the molecule is Cc1cc(NCCS(N)(=O)=O)ccc1C(N)=S. The first-order valence-corrected chi connectivity index (χ1v) is 7.07. The van der Waals surface area contributed by atoms with E-state index in [1.807, 2.05) is 13.0 Å². The molecule has 17 heavy (non-hydrogen) atoms. The van der Waals surface area contributed by atoms with E-state index in [0.717, 1.165) is 16.8 Å². The fraction of sp³-hybridized carbons (Fsp3) is 0.300. The van der Waals surface area contributed by atoms with Gasteiger partial charge in [0.05, 0.1) is 5.75 Å². The van der Waals surface area contributed by atoms with Gasteiger partial charge in [-0.1, -0.05) is 12.2 Å². The molecule has 0 radical (unpaired) electrons. The van der Waals surface area contributed by atoms with Crippen molar-refractivity contribution in [2.45, 2.75) is 6.92 Å². The summed E-state index contributed by atoms with van der Waals surface area (Å²) in [6, 6.07) is 5.46. The molecular formula is C10H15N3O2S2. The second-order valence-corrected chi connectivity index (χ2v) is 5.86. The van der Waals surface area contributed by atoms with Crippen LogP contribution in [-0.2, 0) is 10.0 Å². The summed E-state index contributed by atoms with van der Waals surface area (Å²) >= 11 is 4.89. The minimum Gasteiger partial charge on any atom is -0.389 e. The third-order valence-corrected chi connectivity index (χ3v) is 3.20. The van der Waals surface area contributed by atoms with Crippen molar-refractivity contribution in [1.82, 2.24) is 0 Å². The highest BCUT2D eigenvalue weighted by Gasteiger charge is 2.04. The molecule has 5 nitrogen and oxygen atoms in total. The van der Waals surface area contributed by atoms with Crippen molar-refractivity contribution in [1.29, 1.82) is 0 Å². The summed E-state index contributed by atoms with van der Waals surface area (Å²) in [7, 11) is -3.43. The zero-order valence-corrected chi connectivity index (χ0v) is 11.1. The Bertz CT molecular complexity index is 526. The number of nitrogens with one attached hydrogen (secondary N) is 1. The average molecular weight is 273 g/mol. The summed E-state index contributed by atoms with van der Waals surface area (Å²) < 4.78 is 21.5. The molecule has 0 unspecified atom stereocenters. The van der Waals surface area contributed by atoms with E-state index in [1.165, 1.54) is 0 Å². The fourth-order valence-electron chi connectivity index (χ4n) is 1.39. The molecule has 0 atom stereocenters. The Labute approximate surface area is 106 Å². The van der Waals surface area contributed by atoms with Gasteiger partial charge in [0.15, 0.2) is 0 Å². The number of sulfonamides is 1. The lowest BCUT2D eigenvalue weighted by Crippen LogP contribution is -2.22. The molecule has 0 fully saturated rings. The van der Waals surface area contributed by atoms with Crippen LogP contribution < -0.4 is 16.2 Å². The van der Waals surface area contributed by atoms with Crippen LogP contribution >= 0.6 is 12.2 Å². The lowest BCUT2D eigenvalue weighted by molar-refractivity contribution is 0.598. The van der Waals surface area contributed by atoms with Gasteiger partial charge < -0.3 is 11.1 Å². The number of nitrogens with two attached hydrogens (primary N) is 2. The van der Waals surface area contributed by atoms with Gasteiger partial charge in [0, 0.05) is 17.8 Å². The number of benzene rings is 1. The molecule has 0 saturated heterocycles. The van der Waals surface area contributed by atoms with E-state index in [4.69, 9.17) is 23.1 Å². The van der Waals surface area contributed by atoms with Crippen LogP contribution in [0.15, 0.2) is 18.2 Å². The molecule has 7 heteroatoms. The second-order valence-electron chi connectivity index (χ2n) is 3.69. The summed E-state index contributed by atoms with van der Waals surface area (Å²) in [6.07, 6.45) is 0. The van der Waals surface area contributed by atoms with Gasteiger partial charge in [-0.15, -0.1) is 0 Å². The molecule has 0 amide bonds. The number of hydrogen-bond donors (Lipinski definition) is 3. The van der Waals surface area contributed by atoms with E-state index in [9.17, 15) is 8.42 Å². The van der Waals surface area contributed by atoms with Crippen molar-refractivity contribution < 1.29 is 8.42 Å². The maximum atomic E-state index is 10.7. The molecule has 0 saturated carbocycles. The maximum absolute atomic E-state index is 10.7. The van der Waals surface area contributed by atoms with Gasteiger partial charge in [0.25, 0.3) is 0 Å². The summed E-state index contributed by atoms with van der Waals surface area (Å²) in [5.74, 6) is -0.108. The third kappa shape index (κ3) is 4.68. The molecular weight excluding hydrogens is 258 g/mol. The number of aryl methyl sites for hydroxylation is 1. The molecule has 0 bridgehead atoms. The van der Waals surface area contributed by atoms with Crippen molar-refractivity contribution >= 4 is 32.9 Å². The van der Waals surface area contributed by atoms with Crippen LogP contribution in [0.25, 0.3) is 0 Å². The summed E-state index contributed by atoms with van der Waals surface area (Å²) in [6.45, 7) is 2.16. The Hall–Kier alpha value is -1.18. The minimum atomic E-state index is -3.43. The number of primary sulfonamides is 1. The van der Waals surface area contributed by atoms with Gasteiger partial charge in [-0.25, -0.2) is 13.6 Å². The summed E-state index contributed by atoms with van der Waals surface area (Å²) in [5.41, 5.74) is 8.11. The van der Waals surface area contributed by atoms with Gasteiger partial charge in [0.1, 0.15) is 4.99 Å². The summed E-state index contributed by atoms with van der Waals surface area (Å²) in [4.78, 5) is 0.346. The smallest absolute Gasteiger partial charge is 0.210 e.